The van der Waals surface area contributed by atoms with E-state index in [1.807, 2.05) is 0 Å². The predicted octanol–water partition coefficient (Wildman–Crippen LogP) is 6.14. The van der Waals surface area contributed by atoms with Crippen molar-refractivity contribution in [2.24, 2.45) is 0 Å². The number of anilines is 1. The van der Waals surface area contributed by atoms with Crippen LogP contribution in [0.25, 0.3) is 0 Å². The molecule has 0 radical (unpaired) electrons. The van der Waals surface area contributed by atoms with Crippen LogP contribution in [-0.4, -0.2) is 67.4 Å². The average molecular weight is 609 g/mol. The molecule has 1 atom stereocenters. The highest BCUT2D eigenvalue weighted by Gasteiger charge is 2.32. The first-order valence-electron chi connectivity index (χ1n) is 13.4. The van der Waals surface area contributed by atoms with E-state index in [2.05, 4.69) is 10.1 Å². The van der Waals surface area contributed by atoms with E-state index in [9.17, 15) is 32.3 Å². The van der Waals surface area contributed by atoms with Crippen LogP contribution < -0.4 is 19.5 Å². The van der Waals surface area contributed by atoms with Crippen molar-refractivity contribution in [1.29, 1.82) is 0 Å². The molecule has 0 bridgehead atoms. The number of hydrogen-bond donors (Lipinski definition) is 2. The molecule has 13 heteroatoms. The van der Waals surface area contributed by atoms with Gasteiger partial charge in [0.2, 0.25) is 0 Å². The lowest BCUT2D eigenvalue weighted by Gasteiger charge is -2.24. The number of carbonyl (C=O) groups is 2. The van der Waals surface area contributed by atoms with Gasteiger partial charge in [0.1, 0.15) is 23.9 Å². The number of carboxylic acids is 1. The first-order valence-corrected chi connectivity index (χ1v) is 13.4. The highest BCUT2D eigenvalue weighted by atomic mass is 19.4. The van der Waals surface area contributed by atoms with Gasteiger partial charge in [-0.05, 0) is 67.4 Å². The van der Waals surface area contributed by atoms with Crippen LogP contribution in [0, 0.1) is 5.82 Å². The van der Waals surface area contributed by atoms with Crippen molar-refractivity contribution >= 4 is 17.7 Å². The van der Waals surface area contributed by atoms with E-state index >= 15 is 0 Å². The van der Waals surface area contributed by atoms with Gasteiger partial charge in [-0.15, -0.1) is 13.2 Å². The number of halogens is 4. The van der Waals surface area contributed by atoms with Gasteiger partial charge >= 0.3 is 18.4 Å². The number of nitrogens with one attached hydrogen (secondary N) is 1. The Balaban J connectivity index is 1.61. The second-order valence-electron chi connectivity index (χ2n) is 9.10. The molecule has 3 aromatic carbocycles. The van der Waals surface area contributed by atoms with Gasteiger partial charge in [-0.3, -0.25) is 0 Å². The van der Waals surface area contributed by atoms with E-state index in [-0.39, 0.29) is 45.0 Å². The number of ether oxygens (including phenoxy) is 4. The van der Waals surface area contributed by atoms with E-state index < -0.39 is 36.0 Å². The number of alkyl halides is 3. The molecular weight excluding hydrogens is 576 g/mol. The quantitative estimate of drug-likeness (QED) is 0.149. The number of para-hydroxylation sites is 2. The summed E-state index contributed by atoms with van der Waals surface area (Å²) in [5.41, 5.74) is 0.565. The molecule has 0 aliphatic carbocycles. The summed E-state index contributed by atoms with van der Waals surface area (Å²) in [6.45, 7) is 2.43. The molecule has 0 saturated heterocycles. The molecule has 0 saturated carbocycles. The summed E-state index contributed by atoms with van der Waals surface area (Å²) >= 11 is 0. The maximum Gasteiger partial charge on any atom is 0.573 e. The minimum atomic E-state index is -4.95. The lowest BCUT2D eigenvalue weighted by atomic mass is 10.1. The zero-order valence-corrected chi connectivity index (χ0v) is 23.3. The molecule has 0 aromatic heterocycles. The Morgan fingerprint density at radius 1 is 0.907 bits per heavy atom. The number of aliphatic carboxylic acids is 1. The monoisotopic (exact) mass is 608 g/mol. The molecule has 43 heavy (non-hydrogen) atoms. The van der Waals surface area contributed by atoms with Crippen LogP contribution in [0.4, 0.5) is 28.0 Å². The summed E-state index contributed by atoms with van der Waals surface area (Å²) in [6, 6.07) is 16.7. The van der Waals surface area contributed by atoms with Crippen LogP contribution in [0.5, 0.6) is 17.2 Å². The van der Waals surface area contributed by atoms with Gasteiger partial charge in [0.25, 0.3) is 0 Å². The summed E-state index contributed by atoms with van der Waals surface area (Å²) < 4.78 is 72.2. The van der Waals surface area contributed by atoms with Gasteiger partial charge in [-0.25, -0.2) is 14.0 Å². The fraction of sp³-hybridized carbons (Fsp3) is 0.333. The number of carbonyl (C=O) groups excluding carboxylic acids is 1. The van der Waals surface area contributed by atoms with Crippen LogP contribution in [-0.2, 0) is 16.0 Å². The molecule has 0 spiro atoms. The molecule has 0 heterocycles. The largest absolute Gasteiger partial charge is 0.573 e. The Morgan fingerprint density at radius 2 is 1.53 bits per heavy atom. The minimum absolute atomic E-state index is 0.0446. The van der Waals surface area contributed by atoms with Crippen molar-refractivity contribution in [3.8, 4) is 17.2 Å². The lowest BCUT2D eigenvalue weighted by Crippen LogP contribution is -2.39. The maximum absolute atomic E-state index is 13.1. The number of urea groups is 1. The number of nitrogens with zero attached hydrogens (tertiary/aromatic N) is 1. The molecule has 0 fully saturated rings. The van der Waals surface area contributed by atoms with Crippen molar-refractivity contribution < 1.29 is 51.2 Å². The first kappa shape index (κ1) is 33.0. The van der Waals surface area contributed by atoms with E-state index in [1.54, 1.807) is 31.2 Å². The Morgan fingerprint density at radius 3 is 2.16 bits per heavy atom. The van der Waals surface area contributed by atoms with Gasteiger partial charge in [-0.2, -0.15) is 0 Å². The highest BCUT2D eigenvalue weighted by Crippen LogP contribution is 2.30. The normalized spacial score (nSPS) is 11.8. The van der Waals surface area contributed by atoms with E-state index in [0.717, 1.165) is 11.6 Å². The second kappa shape index (κ2) is 16.2. The van der Waals surface area contributed by atoms with Crippen LogP contribution in [0.2, 0.25) is 0 Å². The SMILES string of the molecule is CCOC(Cc1ccc(OCCN(CCCOc2ccc(F)cc2)C(=O)Nc2ccccc2OC(F)(F)F)cc1)C(=O)O. The lowest BCUT2D eigenvalue weighted by molar-refractivity contribution is -0.274. The van der Waals surface area contributed by atoms with Gasteiger partial charge < -0.3 is 34.3 Å². The smallest absolute Gasteiger partial charge is 0.494 e. The molecule has 3 aromatic rings. The Labute approximate surface area is 245 Å². The fourth-order valence-electron chi connectivity index (χ4n) is 3.90. The molecule has 2 amide bonds. The molecule has 9 nitrogen and oxygen atoms in total. The zero-order valence-electron chi connectivity index (χ0n) is 23.3. The molecule has 2 N–H and O–H groups in total. The molecule has 1 unspecified atom stereocenters. The minimum Gasteiger partial charge on any atom is -0.494 e. The highest BCUT2D eigenvalue weighted by molar-refractivity contribution is 5.91. The van der Waals surface area contributed by atoms with Crippen molar-refractivity contribution in [1.82, 2.24) is 4.90 Å². The van der Waals surface area contributed by atoms with Crippen molar-refractivity contribution in [3.63, 3.8) is 0 Å². The average Bonchev–Trinajstić information content (AvgIpc) is 2.96. The Bertz CT molecular complexity index is 1310. The van der Waals surface area contributed by atoms with E-state index in [4.69, 9.17) is 14.2 Å². The van der Waals surface area contributed by atoms with Crippen LogP contribution in [0.3, 0.4) is 0 Å². The third kappa shape index (κ3) is 11.7. The third-order valence-electron chi connectivity index (χ3n) is 5.91. The molecule has 0 aliphatic heterocycles. The summed E-state index contributed by atoms with van der Waals surface area (Å²) in [4.78, 5) is 25.8. The van der Waals surface area contributed by atoms with Gasteiger partial charge in [0, 0.05) is 19.6 Å². The third-order valence-corrected chi connectivity index (χ3v) is 5.91. The number of carboxylic acid groups (broad SMARTS) is 1. The number of benzene rings is 3. The molecule has 232 valence electrons. The summed E-state index contributed by atoms with van der Waals surface area (Å²) in [5, 5.41) is 11.7. The molecular formula is C30H32F4N2O7. The maximum atomic E-state index is 13.1. The van der Waals surface area contributed by atoms with Crippen molar-refractivity contribution in [3.05, 3.63) is 84.2 Å². The zero-order chi connectivity index (χ0) is 31.2. The number of amides is 2. The van der Waals surface area contributed by atoms with Crippen molar-refractivity contribution in [2.45, 2.75) is 32.2 Å². The van der Waals surface area contributed by atoms with E-state index in [1.165, 1.54) is 47.4 Å². The van der Waals surface area contributed by atoms with Crippen LogP contribution >= 0.6 is 0 Å². The standard InChI is InChI=1S/C30H32F4N2O7/c1-2-40-27(28(37)38)20-21-8-12-23(13-9-21)42-19-17-36(16-5-18-41-24-14-10-22(31)11-15-24)29(39)35-25-6-3-4-7-26(25)43-30(32,33)34/h3-4,6-15,27H,2,5,16-20H2,1H3,(H,35,39)(H,37,38). The first-order chi connectivity index (χ1) is 20.5. The van der Waals surface area contributed by atoms with Gasteiger partial charge in [0.15, 0.2) is 11.9 Å². The number of rotatable bonds is 16. The Kier molecular flexibility index (Phi) is 12.4. The summed E-state index contributed by atoms with van der Waals surface area (Å²) in [6.07, 6.45) is -5.39. The van der Waals surface area contributed by atoms with E-state index in [0.29, 0.717) is 17.9 Å². The molecule has 3 rings (SSSR count). The number of hydrogen-bond acceptors (Lipinski definition) is 6. The van der Waals surface area contributed by atoms with Gasteiger partial charge in [-0.1, -0.05) is 24.3 Å². The summed E-state index contributed by atoms with van der Waals surface area (Å²) in [7, 11) is 0. The van der Waals surface area contributed by atoms with Crippen LogP contribution in [0.15, 0.2) is 72.8 Å². The predicted molar refractivity (Wildman–Crippen MR) is 149 cm³/mol. The molecule has 0 aliphatic rings. The second-order valence-corrected chi connectivity index (χ2v) is 9.10. The van der Waals surface area contributed by atoms with Crippen LogP contribution in [0.1, 0.15) is 18.9 Å². The van der Waals surface area contributed by atoms with Gasteiger partial charge in [0.05, 0.1) is 18.8 Å². The topological polar surface area (TPSA) is 107 Å². The van der Waals surface area contributed by atoms with Crippen molar-refractivity contribution in [2.75, 3.05) is 38.2 Å². The summed E-state index contributed by atoms with van der Waals surface area (Å²) in [5.74, 6) is -1.12. The Hall–Kier alpha value is -4.52. The fourth-order valence-corrected chi connectivity index (χ4v) is 3.90.